The molecule has 164 valence electrons. The summed E-state index contributed by atoms with van der Waals surface area (Å²) in [6, 6.07) is 6.26. The quantitative estimate of drug-likeness (QED) is 0.317. The molecular formula is C17H23N5O6S2. The number of rotatable bonds is 11. The smallest absolute Gasteiger partial charge is 0.405 e. The molecule has 0 saturated heterocycles. The Bertz CT molecular complexity index is 961. The molecule has 1 unspecified atom stereocenters. The van der Waals surface area contributed by atoms with Crippen molar-refractivity contribution in [3.63, 3.8) is 0 Å². The van der Waals surface area contributed by atoms with E-state index in [2.05, 4.69) is 20.3 Å². The number of carboxylic acid groups (broad SMARTS) is 1. The molecule has 13 heteroatoms. The van der Waals surface area contributed by atoms with Crippen molar-refractivity contribution in [2.24, 2.45) is 5.14 Å². The summed E-state index contributed by atoms with van der Waals surface area (Å²) in [4.78, 5) is 27.8. The predicted octanol–water partition coefficient (Wildman–Crippen LogP) is 1.36. The van der Waals surface area contributed by atoms with E-state index in [1.807, 2.05) is 12.1 Å². The van der Waals surface area contributed by atoms with E-state index in [1.165, 1.54) is 11.3 Å². The number of aromatic nitrogens is 1. The van der Waals surface area contributed by atoms with Gasteiger partial charge in [-0.05, 0) is 43.5 Å². The minimum absolute atomic E-state index is 0.0952. The first kappa shape index (κ1) is 23.5. The van der Waals surface area contributed by atoms with Crippen LogP contribution in [0.25, 0.3) is 11.3 Å². The number of nitrogens with one attached hydrogen (secondary N) is 3. The van der Waals surface area contributed by atoms with Crippen LogP contribution in [0.1, 0.15) is 19.3 Å². The van der Waals surface area contributed by atoms with Crippen LogP contribution in [0, 0.1) is 0 Å². The maximum Gasteiger partial charge on any atom is 0.405 e. The Morgan fingerprint density at radius 1 is 1.27 bits per heavy atom. The topological polar surface area (TPSA) is 173 Å². The van der Waals surface area contributed by atoms with Crippen molar-refractivity contribution >= 4 is 38.7 Å². The molecule has 0 aliphatic rings. The molecule has 0 spiro atoms. The Morgan fingerprint density at radius 3 is 2.57 bits per heavy atom. The Kier molecular flexibility index (Phi) is 8.53. The van der Waals surface area contributed by atoms with Crippen LogP contribution in [-0.4, -0.2) is 50.2 Å². The van der Waals surface area contributed by atoms with Gasteiger partial charge in [0.2, 0.25) is 5.91 Å². The average molecular weight is 458 g/mol. The second kappa shape index (κ2) is 10.9. The highest BCUT2D eigenvalue weighted by Crippen LogP contribution is 2.26. The van der Waals surface area contributed by atoms with Gasteiger partial charge in [0.05, 0.1) is 12.8 Å². The molecule has 1 heterocycles. The van der Waals surface area contributed by atoms with E-state index < -0.39 is 28.3 Å². The van der Waals surface area contributed by atoms with E-state index in [0.717, 1.165) is 5.56 Å². The Labute approximate surface area is 177 Å². The van der Waals surface area contributed by atoms with Crippen molar-refractivity contribution in [2.45, 2.75) is 25.3 Å². The Morgan fingerprint density at radius 2 is 1.97 bits per heavy atom. The molecule has 0 radical (unpaired) electrons. The lowest BCUT2D eigenvalue weighted by Gasteiger charge is -2.15. The largest absolute Gasteiger partial charge is 0.497 e. The number of unbranched alkanes of at least 4 members (excludes halogenated alkanes) is 1. The molecule has 11 nitrogen and oxygen atoms in total. The van der Waals surface area contributed by atoms with Crippen molar-refractivity contribution < 1.29 is 27.9 Å². The van der Waals surface area contributed by atoms with E-state index >= 15 is 0 Å². The third-order valence-electron chi connectivity index (χ3n) is 3.96. The predicted molar refractivity (Wildman–Crippen MR) is 113 cm³/mol. The van der Waals surface area contributed by atoms with Gasteiger partial charge in [0.1, 0.15) is 11.8 Å². The van der Waals surface area contributed by atoms with Crippen LogP contribution in [0.5, 0.6) is 5.75 Å². The lowest BCUT2D eigenvalue weighted by Crippen LogP contribution is -2.43. The highest BCUT2D eigenvalue weighted by Gasteiger charge is 2.21. The second-order valence-electron chi connectivity index (χ2n) is 6.19. The summed E-state index contributed by atoms with van der Waals surface area (Å²) in [6.07, 6.45) is -0.368. The van der Waals surface area contributed by atoms with Crippen LogP contribution in [0.15, 0.2) is 29.6 Å². The zero-order chi connectivity index (χ0) is 22.1. The van der Waals surface area contributed by atoms with Gasteiger partial charge in [0, 0.05) is 17.5 Å². The van der Waals surface area contributed by atoms with Crippen LogP contribution < -0.4 is 25.2 Å². The summed E-state index contributed by atoms with van der Waals surface area (Å²) >= 11 is 1.21. The van der Waals surface area contributed by atoms with Gasteiger partial charge in [-0.25, -0.2) is 19.6 Å². The number of anilines is 1. The Hall–Kier alpha value is -2.74. The van der Waals surface area contributed by atoms with Crippen LogP contribution in [-0.2, 0) is 15.0 Å². The molecule has 2 rings (SSSR count). The number of nitrogens with two attached hydrogens (primary N) is 1. The molecule has 1 atom stereocenters. The van der Waals surface area contributed by atoms with Gasteiger partial charge in [0.25, 0.3) is 10.2 Å². The monoisotopic (exact) mass is 457 g/mol. The fourth-order valence-electron chi connectivity index (χ4n) is 2.52. The number of thiazole rings is 1. The third-order valence-corrected chi connectivity index (χ3v) is 5.32. The third kappa shape index (κ3) is 7.94. The standard InChI is InChI=1S/C17H23N5O6S2/c1-28-12-7-5-11(6-8-12)14-10-29-16(20-14)22-15(23)13(21-17(24)25)4-2-3-9-19-30(18,26)27/h5-8,10,13,19,21H,2-4,9H2,1H3,(H,24,25)(H2,18,26,27)(H,20,22,23). The minimum Gasteiger partial charge on any atom is -0.497 e. The van der Waals surface area contributed by atoms with Crippen LogP contribution in [0.3, 0.4) is 0 Å². The van der Waals surface area contributed by atoms with E-state index in [0.29, 0.717) is 29.4 Å². The van der Waals surface area contributed by atoms with Gasteiger partial charge >= 0.3 is 6.09 Å². The number of carbonyl (C=O) groups excluding carboxylic acids is 1. The van der Waals surface area contributed by atoms with Gasteiger partial charge in [-0.3, -0.25) is 4.79 Å². The zero-order valence-corrected chi connectivity index (χ0v) is 17.8. The van der Waals surface area contributed by atoms with Gasteiger partial charge in [-0.15, -0.1) is 11.3 Å². The molecule has 1 aromatic carbocycles. The molecule has 0 saturated carbocycles. The molecule has 2 aromatic rings. The first-order valence-electron chi connectivity index (χ1n) is 8.85. The summed E-state index contributed by atoms with van der Waals surface area (Å²) in [6.45, 7) is 0.0952. The van der Waals surface area contributed by atoms with E-state index in [9.17, 15) is 18.0 Å². The number of carbonyl (C=O) groups is 2. The van der Waals surface area contributed by atoms with Gasteiger partial charge in [0.15, 0.2) is 5.13 Å². The van der Waals surface area contributed by atoms with Gasteiger partial charge in [-0.2, -0.15) is 8.42 Å². The number of benzene rings is 1. The lowest BCUT2D eigenvalue weighted by molar-refractivity contribution is -0.118. The maximum absolute atomic E-state index is 12.5. The van der Waals surface area contributed by atoms with E-state index in [4.69, 9.17) is 15.0 Å². The van der Waals surface area contributed by atoms with Crippen molar-refractivity contribution in [1.82, 2.24) is 15.0 Å². The van der Waals surface area contributed by atoms with Crippen molar-refractivity contribution in [2.75, 3.05) is 19.0 Å². The van der Waals surface area contributed by atoms with Crippen LogP contribution >= 0.6 is 11.3 Å². The fraction of sp³-hybridized carbons (Fsp3) is 0.353. The number of hydrogen-bond acceptors (Lipinski definition) is 7. The fourth-order valence-corrected chi connectivity index (χ4v) is 3.68. The zero-order valence-electron chi connectivity index (χ0n) is 16.1. The lowest BCUT2D eigenvalue weighted by atomic mass is 10.1. The van der Waals surface area contributed by atoms with Crippen molar-refractivity contribution in [3.05, 3.63) is 29.6 Å². The number of methoxy groups -OCH3 is 1. The summed E-state index contributed by atoms with van der Waals surface area (Å²) < 4.78 is 28.9. The Balaban J connectivity index is 1.94. The number of hydrogen-bond donors (Lipinski definition) is 5. The maximum atomic E-state index is 12.5. The molecule has 6 N–H and O–H groups in total. The molecule has 0 aliphatic carbocycles. The molecule has 2 amide bonds. The highest BCUT2D eigenvalue weighted by molar-refractivity contribution is 7.87. The number of nitrogens with zero attached hydrogens (tertiary/aromatic N) is 1. The number of ether oxygens (including phenoxy) is 1. The molecule has 1 aromatic heterocycles. The molecule has 0 fully saturated rings. The summed E-state index contributed by atoms with van der Waals surface area (Å²) in [5.41, 5.74) is 1.50. The number of amides is 2. The summed E-state index contributed by atoms with van der Waals surface area (Å²) in [5, 5.41) is 20.7. The molecule has 0 bridgehead atoms. The average Bonchev–Trinajstić information content (AvgIpc) is 3.14. The van der Waals surface area contributed by atoms with Gasteiger partial charge < -0.3 is 20.5 Å². The normalized spacial score (nSPS) is 12.2. The molecule has 0 aliphatic heterocycles. The molecular weight excluding hydrogens is 434 g/mol. The van der Waals surface area contributed by atoms with E-state index in [-0.39, 0.29) is 13.0 Å². The second-order valence-corrected chi connectivity index (χ2v) is 8.43. The first-order chi connectivity index (χ1) is 14.2. The molecule has 30 heavy (non-hydrogen) atoms. The summed E-state index contributed by atoms with van der Waals surface area (Å²) in [5.74, 6) is 0.164. The van der Waals surface area contributed by atoms with Crippen LogP contribution in [0.4, 0.5) is 9.93 Å². The summed E-state index contributed by atoms with van der Waals surface area (Å²) in [7, 11) is -2.21. The van der Waals surface area contributed by atoms with Crippen molar-refractivity contribution in [3.8, 4) is 17.0 Å². The van der Waals surface area contributed by atoms with E-state index in [1.54, 1.807) is 24.6 Å². The minimum atomic E-state index is -3.78. The highest BCUT2D eigenvalue weighted by atomic mass is 32.2. The van der Waals surface area contributed by atoms with Gasteiger partial charge in [-0.1, -0.05) is 0 Å². The van der Waals surface area contributed by atoms with Crippen molar-refractivity contribution in [1.29, 1.82) is 0 Å². The first-order valence-corrected chi connectivity index (χ1v) is 11.3. The SMILES string of the molecule is COc1ccc(-c2csc(NC(=O)C(CCCCNS(N)(=O)=O)NC(=O)O)n2)cc1. The van der Waals surface area contributed by atoms with Crippen LogP contribution in [0.2, 0.25) is 0 Å².